The molecule has 2 saturated carbocycles. The zero-order valence-electron chi connectivity index (χ0n) is 14.0. The van der Waals surface area contributed by atoms with Gasteiger partial charge in [-0.2, -0.15) is 0 Å². The maximum atomic E-state index is 12.4. The maximum absolute atomic E-state index is 12.4. The van der Waals surface area contributed by atoms with E-state index in [0.29, 0.717) is 17.4 Å². The molecule has 3 atom stereocenters. The molecule has 3 N–H and O–H groups in total. The second-order valence-corrected chi connectivity index (χ2v) is 7.07. The number of carbonyl (C=O) groups is 2. The molecule has 2 fully saturated rings. The summed E-state index contributed by atoms with van der Waals surface area (Å²) in [4.78, 5) is 23.1. The summed E-state index contributed by atoms with van der Waals surface area (Å²) in [5, 5.41) is 3.18. The number of amides is 2. The van der Waals surface area contributed by atoms with Crippen molar-refractivity contribution < 1.29 is 14.3 Å². The van der Waals surface area contributed by atoms with E-state index in [2.05, 4.69) is 5.32 Å². The third-order valence-electron chi connectivity index (χ3n) is 5.37. The second-order valence-electron chi connectivity index (χ2n) is 7.07. The molecular weight excluding hydrogens is 304 g/mol. The number of fused-ring (bicyclic) bond motifs is 1. The van der Waals surface area contributed by atoms with Crippen molar-refractivity contribution in [3.63, 3.8) is 0 Å². The van der Waals surface area contributed by atoms with Gasteiger partial charge in [0.15, 0.2) is 6.61 Å². The number of hydrogen-bond donors (Lipinski definition) is 2. The molecule has 5 heteroatoms. The Labute approximate surface area is 142 Å². The fraction of sp³-hybridized carbons (Fsp3) is 0.579. The minimum Gasteiger partial charge on any atom is -0.484 e. The molecule has 130 valence electrons. The lowest BCUT2D eigenvalue weighted by Gasteiger charge is -2.39. The predicted molar refractivity (Wildman–Crippen MR) is 91.7 cm³/mol. The van der Waals surface area contributed by atoms with E-state index in [1.54, 1.807) is 24.3 Å². The first-order valence-electron chi connectivity index (χ1n) is 8.94. The van der Waals surface area contributed by atoms with Crippen LogP contribution in [0.4, 0.5) is 0 Å². The van der Waals surface area contributed by atoms with Gasteiger partial charge < -0.3 is 15.8 Å². The molecular formula is C19H26N2O3. The first-order valence-corrected chi connectivity index (χ1v) is 8.94. The van der Waals surface area contributed by atoms with E-state index in [4.69, 9.17) is 10.5 Å². The molecule has 0 spiro atoms. The highest BCUT2D eigenvalue weighted by atomic mass is 16.5. The summed E-state index contributed by atoms with van der Waals surface area (Å²) in [6, 6.07) is 7.12. The number of rotatable bonds is 5. The van der Waals surface area contributed by atoms with Gasteiger partial charge in [0.1, 0.15) is 5.75 Å². The molecule has 1 aromatic rings. The summed E-state index contributed by atoms with van der Waals surface area (Å²) < 4.78 is 5.21. The summed E-state index contributed by atoms with van der Waals surface area (Å²) in [5.41, 5.74) is 5.66. The van der Waals surface area contributed by atoms with Crippen LogP contribution >= 0.6 is 0 Å². The second kappa shape index (κ2) is 7.69. The van der Waals surface area contributed by atoms with Gasteiger partial charge in [0, 0.05) is 11.6 Å². The molecule has 3 rings (SSSR count). The van der Waals surface area contributed by atoms with Crippen LogP contribution in [0.5, 0.6) is 5.75 Å². The SMILES string of the molecule is NC(=O)COc1ccc(C(=O)N[C@@H]2CC[C@@H]3CCCC[C@@H]3C2)cc1. The standard InChI is InChI=1S/C19H26N2O3/c20-18(22)12-24-17-9-6-14(7-10-17)19(23)21-16-8-5-13-3-1-2-4-15(13)11-16/h6-7,9-10,13,15-16H,1-5,8,11-12H2,(H2,20,22)(H,21,23)/t13-,15+,16+/m0/s1. The molecule has 2 aliphatic rings. The first kappa shape index (κ1) is 16.8. The van der Waals surface area contributed by atoms with Crippen LogP contribution in [-0.4, -0.2) is 24.5 Å². The Kier molecular flexibility index (Phi) is 5.38. The van der Waals surface area contributed by atoms with E-state index in [1.807, 2.05) is 0 Å². The number of carbonyl (C=O) groups excluding carboxylic acids is 2. The number of nitrogens with one attached hydrogen (secondary N) is 1. The molecule has 5 nitrogen and oxygen atoms in total. The van der Waals surface area contributed by atoms with Crippen LogP contribution in [0.15, 0.2) is 24.3 Å². The lowest BCUT2D eigenvalue weighted by Crippen LogP contribution is -2.41. The van der Waals surface area contributed by atoms with Gasteiger partial charge in [-0.05, 0) is 55.4 Å². The van der Waals surface area contributed by atoms with E-state index in [-0.39, 0.29) is 12.5 Å². The lowest BCUT2D eigenvalue weighted by atomic mass is 9.69. The van der Waals surface area contributed by atoms with E-state index < -0.39 is 5.91 Å². The highest BCUT2D eigenvalue weighted by Crippen LogP contribution is 2.40. The van der Waals surface area contributed by atoms with Crippen LogP contribution in [0.3, 0.4) is 0 Å². The smallest absolute Gasteiger partial charge is 0.255 e. The van der Waals surface area contributed by atoms with Gasteiger partial charge >= 0.3 is 0 Å². The summed E-state index contributed by atoms with van der Waals surface area (Å²) in [6.45, 7) is -0.157. The zero-order chi connectivity index (χ0) is 16.9. The average molecular weight is 330 g/mol. The minimum atomic E-state index is -0.518. The van der Waals surface area contributed by atoms with Gasteiger partial charge in [-0.1, -0.05) is 25.7 Å². The van der Waals surface area contributed by atoms with Gasteiger partial charge in [0.2, 0.25) is 0 Å². The van der Waals surface area contributed by atoms with E-state index in [9.17, 15) is 9.59 Å². The number of nitrogens with two attached hydrogens (primary N) is 1. The molecule has 0 unspecified atom stereocenters. The Morgan fingerprint density at radius 3 is 2.46 bits per heavy atom. The van der Waals surface area contributed by atoms with Gasteiger partial charge in [0.05, 0.1) is 0 Å². The van der Waals surface area contributed by atoms with Gasteiger partial charge in [0.25, 0.3) is 11.8 Å². The van der Waals surface area contributed by atoms with Crippen LogP contribution in [-0.2, 0) is 4.79 Å². The summed E-state index contributed by atoms with van der Waals surface area (Å²) >= 11 is 0. The Bertz CT molecular complexity index is 585. The molecule has 0 bridgehead atoms. The minimum absolute atomic E-state index is 0.0317. The predicted octanol–water partition coefficient (Wildman–Crippen LogP) is 2.64. The lowest BCUT2D eigenvalue weighted by molar-refractivity contribution is -0.119. The molecule has 0 saturated heterocycles. The van der Waals surface area contributed by atoms with Crippen LogP contribution in [0.25, 0.3) is 0 Å². The van der Waals surface area contributed by atoms with E-state index in [1.165, 1.54) is 32.1 Å². The summed E-state index contributed by atoms with van der Waals surface area (Å²) in [6.07, 6.45) is 8.87. The van der Waals surface area contributed by atoms with E-state index >= 15 is 0 Å². The van der Waals surface area contributed by atoms with Crippen LogP contribution in [0.1, 0.15) is 55.3 Å². The molecule has 1 aromatic carbocycles. The fourth-order valence-corrected chi connectivity index (χ4v) is 4.13. The molecule has 24 heavy (non-hydrogen) atoms. The first-order chi connectivity index (χ1) is 11.6. The number of hydrogen-bond acceptors (Lipinski definition) is 3. The van der Waals surface area contributed by atoms with Crippen molar-refractivity contribution in [3.05, 3.63) is 29.8 Å². The molecule has 0 aromatic heterocycles. The summed E-state index contributed by atoms with van der Waals surface area (Å²) in [5.74, 6) is 1.66. The average Bonchev–Trinajstić information content (AvgIpc) is 2.60. The third-order valence-corrected chi connectivity index (χ3v) is 5.37. The van der Waals surface area contributed by atoms with Crippen molar-refractivity contribution >= 4 is 11.8 Å². The Morgan fingerprint density at radius 2 is 1.75 bits per heavy atom. The van der Waals surface area contributed by atoms with Crippen molar-refractivity contribution in [2.45, 2.75) is 51.0 Å². The largest absolute Gasteiger partial charge is 0.484 e. The van der Waals surface area contributed by atoms with Crippen molar-refractivity contribution in [3.8, 4) is 5.75 Å². The van der Waals surface area contributed by atoms with Crippen LogP contribution < -0.4 is 15.8 Å². The van der Waals surface area contributed by atoms with Gasteiger partial charge in [-0.15, -0.1) is 0 Å². The molecule has 2 amide bonds. The van der Waals surface area contributed by atoms with Crippen LogP contribution in [0.2, 0.25) is 0 Å². The number of ether oxygens (including phenoxy) is 1. The Balaban J connectivity index is 1.52. The van der Waals surface area contributed by atoms with Crippen molar-refractivity contribution in [1.82, 2.24) is 5.32 Å². The van der Waals surface area contributed by atoms with Gasteiger partial charge in [-0.3, -0.25) is 9.59 Å². The van der Waals surface area contributed by atoms with Crippen molar-refractivity contribution in [1.29, 1.82) is 0 Å². The summed E-state index contributed by atoms with van der Waals surface area (Å²) in [7, 11) is 0. The molecule has 0 radical (unpaired) electrons. The maximum Gasteiger partial charge on any atom is 0.255 e. The monoisotopic (exact) mass is 330 g/mol. The normalized spacial score (nSPS) is 26.2. The molecule has 0 heterocycles. The highest BCUT2D eigenvalue weighted by molar-refractivity contribution is 5.94. The highest BCUT2D eigenvalue weighted by Gasteiger charge is 2.32. The van der Waals surface area contributed by atoms with Crippen molar-refractivity contribution in [2.24, 2.45) is 17.6 Å². The fourth-order valence-electron chi connectivity index (χ4n) is 4.13. The number of benzene rings is 1. The molecule has 2 aliphatic carbocycles. The molecule has 0 aliphatic heterocycles. The van der Waals surface area contributed by atoms with E-state index in [0.717, 1.165) is 24.7 Å². The van der Waals surface area contributed by atoms with Crippen molar-refractivity contribution in [2.75, 3.05) is 6.61 Å². The van der Waals surface area contributed by atoms with Crippen LogP contribution in [0, 0.1) is 11.8 Å². The quantitative estimate of drug-likeness (QED) is 0.871. The zero-order valence-corrected chi connectivity index (χ0v) is 14.0. The third kappa shape index (κ3) is 4.28. The Hall–Kier alpha value is -2.04. The Morgan fingerprint density at radius 1 is 1.04 bits per heavy atom. The number of primary amides is 1. The van der Waals surface area contributed by atoms with Gasteiger partial charge in [-0.25, -0.2) is 0 Å². The topological polar surface area (TPSA) is 81.4 Å².